The van der Waals surface area contributed by atoms with Gasteiger partial charge in [-0.05, 0) is 34.7 Å². The maximum atomic E-state index is 12.0. The van der Waals surface area contributed by atoms with Gasteiger partial charge in [0.25, 0.3) is 10.0 Å². The molecular weight excluding hydrogens is 367 g/mol. The van der Waals surface area contributed by atoms with Crippen LogP contribution >= 0.6 is 22.6 Å². The molecule has 0 spiro atoms. The first-order valence-corrected chi connectivity index (χ1v) is 7.40. The number of hydrogen-bond donors (Lipinski definition) is 2. The molecular formula is C10H9IN4O2S. The second kappa shape index (κ2) is 5.06. The van der Waals surface area contributed by atoms with Crippen LogP contribution in [0, 0.1) is 3.57 Å². The number of hydrogen-bond acceptors (Lipinski definition) is 5. The van der Waals surface area contributed by atoms with Gasteiger partial charge in [-0.3, -0.25) is 0 Å². The Morgan fingerprint density at radius 2 is 1.78 bits per heavy atom. The fourth-order valence-electron chi connectivity index (χ4n) is 1.27. The molecule has 0 aliphatic rings. The second-order valence-electron chi connectivity index (χ2n) is 3.37. The first-order valence-electron chi connectivity index (χ1n) is 4.84. The van der Waals surface area contributed by atoms with Crippen LogP contribution in [-0.4, -0.2) is 18.4 Å². The summed E-state index contributed by atoms with van der Waals surface area (Å²) in [6, 6.07) is 6.20. The molecule has 0 amide bonds. The lowest BCUT2D eigenvalue weighted by Crippen LogP contribution is -2.16. The van der Waals surface area contributed by atoms with Gasteiger partial charge in [0, 0.05) is 16.0 Å². The Bertz CT molecular complexity index is 658. The highest BCUT2D eigenvalue weighted by molar-refractivity contribution is 14.1. The molecule has 0 saturated carbocycles. The second-order valence-corrected chi connectivity index (χ2v) is 6.26. The Kier molecular flexibility index (Phi) is 3.66. The van der Waals surface area contributed by atoms with Crippen LogP contribution in [0.4, 0.5) is 11.6 Å². The highest BCUT2D eigenvalue weighted by atomic mass is 127. The number of sulfonamides is 1. The highest BCUT2D eigenvalue weighted by Crippen LogP contribution is 2.19. The van der Waals surface area contributed by atoms with E-state index in [0.29, 0.717) is 0 Å². The summed E-state index contributed by atoms with van der Waals surface area (Å²) >= 11 is 2.03. The third kappa shape index (κ3) is 2.88. The molecule has 8 heteroatoms. The maximum absolute atomic E-state index is 12.0. The van der Waals surface area contributed by atoms with Gasteiger partial charge in [0.1, 0.15) is 4.90 Å². The molecule has 1 aromatic heterocycles. The molecule has 1 aromatic carbocycles. The Hall–Kier alpha value is -1.42. The maximum Gasteiger partial charge on any atom is 0.266 e. The van der Waals surface area contributed by atoms with Gasteiger partial charge in [0.05, 0.1) is 5.69 Å². The summed E-state index contributed by atoms with van der Waals surface area (Å²) in [6.45, 7) is 0. The summed E-state index contributed by atoms with van der Waals surface area (Å²) in [7, 11) is -3.76. The molecule has 0 aliphatic carbocycles. The van der Waals surface area contributed by atoms with E-state index in [1.54, 1.807) is 12.1 Å². The molecule has 94 valence electrons. The Balaban J connectivity index is 2.33. The minimum Gasteiger partial charge on any atom is -0.398 e. The largest absolute Gasteiger partial charge is 0.398 e. The van der Waals surface area contributed by atoms with Crippen molar-refractivity contribution >= 4 is 44.2 Å². The minimum absolute atomic E-state index is 0.00662. The zero-order valence-corrected chi connectivity index (χ0v) is 12.0. The van der Waals surface area contributed by atoms with E-state index in [2.05, 4.69) is 14.7 Å². The quantitative estimate of drug-likeness (QED) is 0.625. The van der Waals surface area contributed by atoms with Crippen LogP contribution in [0.1, 0.15) is 0 Å². The van der Waals surface area contributed by atoms with E-state index < -0.39 is 10.0 Å². The number of para-hydroxylation sites is 1. The molecule has 2 rings (SSSR count). The van der Waals surface area contributed by atoms with Gasteiger partial charge in [-0.15, -0.1) is 0 Å². The topological polar surface area (TPSA) is 98.0 Å². The fourth-order valence-corrected chi connectivity index (χ4v) is 2.64. The molecule has 2 aromatic rings. The van der Waals surface area contributed by atoms with Crippen LogP contribution < -0.4 is 10.5 Å². The number of nitrogen functional groups attached to an aromatic ring is 1. The number of benzene rings is 1. The molecule has 6 nitrogen and oxygen atoms in total. The molecule has 3 N–H and O–H groups in total. The third-order valence-corrected chi connectivity index (χ3v) is 4.01. The first kappa shape index (κ1) is 13.0. The summed E-state index contributed by atoms with van der Waals surface area (Å²) in [5.74, 6) is 0.0127. The number of anilines is 2. The Labute approximate surface area is 118 Å². The smallest absolute Gasteiger partial charge is 0.266 e. The third-order valence-electron chi connectivity index (χ3n) is 2.05. The fraction of sp³-hybridized carbons (Fsp3) is 0. The molecule has 0 fully saturated rings. The normalized spacial score (nSPS) is 11.2. The van der Waals surface area contributed by atoms with E-state index in [1.165, 1.54) is 24.5 Å². The molecule has 0 bridgehead atoms. The Morgan fingerprint density at radius 3 is 2.39 bits per heavy atom. The van der Waals surface area contributed by atoms with Gasteiger partial charge in [0.15, 0.2) is 0 Å². The van der Waals surface area contributed by atoms with Crippen molar-refractivity contribution in [1.29, 1.82) is 0 Å². The van der Waals surface area contributed by atoms with Gasteiger partial charge >= 0.3 is 0 Å². The van der Waals surface area contributed by atoms with Crippen molar-refractivity contribution in [3.8, 4) is 0 Å². The van der Waals surface area contributed by atoms with E-state index in [9.17, 15) is 8.42 Å². The molecule has 0 atom stereocenters. The van der Waals surface area contributed by atoms with E-state index in [-0.39, 0.29) is 16.5 Å². The van der Waals surface area contributed by atoms with E-state index in [1.807, 2.05) is 22.6 Å². The van der Waals surface area contributed by atoms with Gasteiger partial charge in [-0.25, -0.2) is 23.1 Å². The molecule has 0 saturated heterocycles. The van der Waals surface area contributed by atoms with E-state index >= 15 is 0 Å². The standard InChI is InChI=1S/C10H9IN4O2S/c11-7-5-13-10(14-6-7)15-18(16,17)9-4-2-1-3-8(9)12/h1-6H,12H2,(H,13,14,15). The molecule has 0 aliphatic heterocycles. The lowest BCUT2D eigenvalue weighted by Gasteiger charge is -2.08. The predicted molar refractivity (Wildman–Crippen MR) is 76.4 cm³/mol. The van der Waals surface area contributed by atoms with Crippen LogP contribution in [0.25, 0.3) is 0 Å². The number of nitrogens with one attached hydrogen (secondary N) is 1. The SMILES string of the molecule is Nc1ccccc1S(=O)(=O)Nc1ncc(I)cn1. The number of halogens is 1. The summed E-state index contributed by atoms with van der Waals surface area (Å²) in [4.78, 5) is 7.74. The van der Waals surface area contributed by atoms with Crippen molar-refractivity contribution in [1.82, 2.24) is 9.97 Å². The highest BCUT2D eigenvalue weighted by Gasteiger charge is 2.17. The van der Waals surface area contributed by atoms with Crippen LogP contribution in [-0.2, 0) is 10.0 Å². The van der Waals surface area contributed by atoms with Gasteiger partial charge in [-0.2, -0.15) is 0 Å². The van der Waals surface area contributed by atoms with Gasteiger partial charge < -0.3 is 5.73 Å². The molecule has 0 radical (unpaired) electrons. The summed E-state index contributed by atoms with van der Waals surface area (Å²) in [6.07, 6.45) is 3.03. The summed E-state index contributed by atoms with van der Waals surface area (Å²) < 4.78 is 27.2. The van der Waals surface area contributed by atoms with Crippen molar-refractivity contribution in [2.45, 2.75) is 4.90 Å². The van der Waals surface area contributed by atoms with Gasteiger partial charge in [-0.1, -0.05) is 12.1 Å². The van der Waals surface area contributed by atoms with Crippen LogP contribution in [0.3, 0.4) is 0 Å². The number of nitrogens with zero attached hydrogens (tertiary/aromatic N) is 2. The van der Waals surface area contributed by atoms with Crippen molar-refractivity contribution in [2.24, 2.45) is 0 Å². The van der Waals surface area contributed by atoms with Crippen molar-refractivity contribution in [3.63, 3.8) is 0 Å². The van der Waals surface area contributed by atoms with Crippen LogP contribution in [0.15, 0.2) is 41.6 Å². The molecule has 1 heterocycles. The van der Waals surface area contributed by atoms with Crippen molar-refractivity contribution < 1.29 is 8.42 Å². The minimum atomic E-state index is -3.76. The average Bonchev–Trinajstić information content (AvgIpc) is 2.32. The lowest BCUT2D eigenvalue weighted by atomic mass is 10.3. The van der Waals surface area contributed by atoms with Crippen LogP contribution in [0.5, 0.6) is 0 Å². The number of rotatable bonds is 3. The van der Waals surface area contributed by atoms with Crippen molar-refractivity contribution in [3.05, 3.63) is 40.2 Å². The number of nitrogens with two attached hydrogens (primary N) is 1. The van der Waals surface area contributed by atoms with Crippen molar-refractivity contribution in [2.75, 3.05) is 10.5 Å². The zero-order chi connectivity index (χ0) is 13.2. The summed E-state index contributed by atoms with van der Waals surface area (Å²) in [5, 5.41) is 0. The summed E-state index contributed by atoms with van der Waals surface area (Å²) in [5.41, 5.74) is 5.80. The predicted octanol–water partition coefficient (Wildman–Crippen LogP) is 1.46. The monoisotopic (exact) mass is 376 g/mol. The van der Waals surface area contributed by atoms with Crippen LogP contribution in [0.2, 0.25) is 0 Å². The molecule has 0 unspecified atom stereocenters. The van der Waals surface area contributed by atoms with E-state index in [0.717, 1.165) is 3.57 Å². The van der Waals surface area contributed by atoms with Gasteiger partial charge in [0.2, 0.25) is 5.95 Å². The lowest BCUT2D eigenvalue weighted by molar-refractivity contribution is 0.601. The average molecular weight is 376 g/mol. The van der Waals surface area contributed by atoms with E-state index in [4.69, 9.17) is 5.73 Å². The number of aromatic nitrogens is 2. The first-order chi connectivity index (χ1) is 8.49. The zero-order valence-electron chi connectivity index (χ0n) is 9.04. The molecule has 18 heavy (non-hydrogen) atoms. The Morgan fingerprint density at radius 1 is 1.17 bits per heavy atom.